The average Bonchev–Trinajstić information content (AvgIpc) is 3.36. The minimum absolute atomic E-state index is 0.214. The lowest BCUT2D eigenvalue weighted by molar-refractivity contribution is 0.0663. The molecule has 0 radical (unpaired) electrons. The number of oxazole rings is 2. The van der Waals surface area contributed by atoms with Crippen molar-refractivity contribution in [2.45, 2.75) is 19.5 Å². The van der Waals surface area contributed by atoms with E-state index in [0.717, 1.165) is 16.9 Å². The summed E-state index contributed by atoms with van der Waals surface area (Å²) < 4.78 is 11.2. The van der Waals surface area contributed by atoms with Crippen LogP contribution in [0.4, 0.5) is 0 Å². The minimum Gasteiger partial charge on any atom is -0.438 e. The summed E-state index contributed by atoms with van der Waals surface area (Å²) in [6, 6.07) is 6.98. The zero-order valence-electron chi connectivity index (χ0n) is 13.3. The molecule has 1 atom stereocenters. The Hall–Kier alpha value is -3.42. The molecule has 4 aromatic rings. The zero-order chi connectivity index (χ0) is 17.0. The first kappa shape index (κ1) is 14.0. The van der Waals surface area contributed by atoms with Gasteiger partial charge in [-0.05, 0) is 19.1 Å². The van der Waals surface area contributed by atoms with Gasteiger partial charge in [-0.15, -0.1) is 0 Å². The number of carbonyl (C=O) groups excluding carboxylic acids is 1. The lowest BCUT2D eigenvalue weighted by Crippen LogP contribution is -2.31. The highest BCUT2D eigenvalue weighted by Crippen LogP contribution is 2.38. The third-order valence-corrected chi connectivity index (χ3v) is 4.40. The molecular weight excluding hydrogens is 322 g/mol. The minimum atomic E-state index is -0.509. The third-order valence-electron chi connectivity index (χ3n) is 4.40. The summed E-state index contributed by atoms with van der Waals surface area (Å²) in [6.07, 6.45) is 2.88. The van der Waals surface area contributed by atoms with Gasteiger partial charge in [0.25, 0.3) is 5.91 Å². The summed E-state index contributed by atoms with van der Waals surface area (Å²) in [4.78, 5) is 30.6. The molecule has 1 N–H and O–H groups in total. The maximum absolute atomic E-state index is 13.0. The fourth-order valence-electron chi connectivity index (χ4n) is 3.19. The number of hydrogen-bond donors (Lipinski definition) is 1. The van der Waals surface area contributed by atoms with Crippen LogP contribution in [0.1, 0.15) is 39.6 Å². The third kappa shape index (κ3) is 2.00. The predicted octanol–water partition coefficient (Wildman–Crippen LogP) is 2.59. The number of aryl methyl sites for hydroxylation is 1. The van der Waals surface area contributed by atoms with Crippen molar-refractivity contribution in [2.24, 2.45) is 0 Å². The number of hydrogen-bond acceptors (Lipinski definition) is 6. The number of nitrogens with one attached hydrogen (secondary N) is 1. The fourth-order valence-corrected chi connectivity index (χ4v) is 3.19. The summed E-state index contributed by atoms with van der Waals surface area (Å²) in [6.45, 7) is 2.11. The monoisotopic (exact) mass is 335 g/mol. The lowest BCUT2D eigenvalue weighted by Gasteiger charge is -2.21. The van der Waals surface area contributed by atoms with Crippen LogP contribution in [0, 0.1) is 6.92 Å². The van der Waals surface area contributed by atoms with Gasteiger partial charge >= 0.3 is 0 Å². The van der Waals surface area contributed by atoms with Gasteiger partial charge in [-0.2, -0.15) is 0 Å². The number of amides is 1. The summed E-state index contributed by atoms with van der Waals surface area (Å²) in [5, 5.41) is 0. The highest BCUT2D eigenvalue weighted by Gasteiger charge is 2.41. The smallest absolute Gasteiger partial charge is 0.292 e. The standard InChI is InChI=1S/C17H13N5O3/c1-9-15(24-8-20-9)17(23)22-6-11-13(19-7-18-11)14(22)16-21-10-4-2-3-5-12(10)25-16/h2-5,7-8,14H,6H2,1H3,(H,18,19)/t14-/m0/s1. The van der Waals surface area contributed by atoms with Gasteiger partial charge in [0.2, 0.25) is 11.7 Å². The molecule has 1 aliphatic heterocycles. The summed E-state index contributed by atoms with van der Waals surface area (Å²) in [5.74, 6) is 0.373. The van der Waals surface area contributed by atoms with Crippen LogP contribution in [0.15, 0.2) is 45.8 Å². The molecular formula is C17H13N5O3. The van der Waals surface area contributed by atoms with Crippen molar-refractivity contribution in [2.75, 3.05) is 0 Å². The number of benzene rings is 1. The van der Waals surface area contributed by atoms with Gasteiger partial charge in [0, 0.05) is 0 Å². The Labute approximate surface area is 141 Å². The zero-order valence-corrected chi connectivity index (χ0v) is 13.3. The molecule has 0 spiro atoms. The van der Waals surface area contributed by atoms with Gasteiger partial charge in [-0.1, -0.05) is 12.1 Å². The molecule has 0 fully saturated rings. The largest absolute Gasteiger partial charge is 0.438 e. The van der Waals surface area contributed by atoms with Crippen molar-refractivity contribution in [3.63, 3.8) is 0 Å². The number of aromatic amines is 1. The SMILES string of the molecule is Cc1ncoc1C(=O)N1Cc2[nH]cnc2[C@H]1c1nc2ccccc2o1. The first-order valence-electron chi connectivity index (χ1n) is 7.81. The van der Waals surface area contributed by atoms with Crippen LogP contribution in [0.3, 0.4) is 0 Å². The van der Waals surface area contributed by atoms with Crippen LogP contribution >= 0.6 is 0 Å². The van der Waals surface area contributed by atoms with E-state index in [1.54, 1.807) is 18.2 Å². The van der Waals surface area contributed by atoms with Gasteiger partial charge in [0.15, 0.2) is 18.0 Å². The van der Waals surface area contributed by atoms with Crippen LogP contribution in [0.2, 0.25) is 0 Å². The molecule has 3 aromatic heterocycles. The Bertz CT molecular complexity index is 1060. The molecule has 1 aliphatic rings. The first-order chi connectivity index (χ1) is 12.2. The van der Waals surface area contributed by atoms with E-state index < -0.39 is 6.04 Å². The number of para-hydroxylation sites is 2. The number of nitrogens with zero attached hydrogens (tertiary/aromatic N) is 4. The van der Waals surface area contributed by atoms with Gasteiger partial charge in [0.05, 0.1) is 30.0 Å². The summed E-state index contributed by atoms with van der Waals surface area (Å²) in [7, 11) is 0. The van der Waals surface area contributed by atoms with Gasteiger partial charge in [0.1, 0.15) is 5.52 Å². The molecule has 0 bridgehead atoms. The Morgan fingerprint density at radius 3 is 3.00 bits per heavy atom. The van der Waals surface area contributed by atoms with Crippen LogP contribution in [-0.4, -0.2) is 30.7 Å². The molecule has 5 rings (SSSR count). The first-order valence-corrected chi connectivity index (χ1v) is 7.81. The maximum atomic E-state index is 13.0. The second-order valence-corrected chi connectivity index (χ2v) is 5.89. The molecule has 4 heterocycles. The van der Waals surface area contributed by atoms with E-state index in [1.807, 2.05) is 24.3 Å². The normalized spacial score (nSPS) is 16.5. The number of fused-ring (bicyclic) bond motifs is 2. The number of carbonyl (C=O) groups is 1. The molecule has 0 unspecified atom stereocenters. The molecule has 8 nitrogen and oxygen atoms in total. The quantitative estimate of drug-likeness (QED) is 0.604. The van der Waals surface area contributed by atoms with Crippen molar-refractivity contribution >= 4 is 17.0 Å². The van der Waals surface area contributed by atoms with Crippen molar-refractivity contribution in [3.8, 4) is 0 Å². The Kier molecular flexibility index (Phi) is 2.81. The predicted molar refractivity (Wildman–Crippen MR) is 85.6 cm³/mol. The number of H-pyrrole nitrogens is 1. The van der Waals surface area contributed by atoms with Gasteiger partial charge < -0.3 is 18.7 Å². The maximum Gasteiger partial charge on any atom is 0.292 e. The fraction of sp³-hybridized carbons (Fsp3) is 0.176. The Balaban J connectivity index is 1.63. The van der Waals surface area contributed by atoms with Crippen LogP contribution < -0.4 is 0 Å². The second-order valence-electron chi connectivity index (χ2n) is 5.89. The number of rotatable bonds is 2. The Morgan fingerprint density at radius 2 is 2.20 bits per heavy atom. The average molecular weight is 335 g/mol. The van der Waals surface area contributed by atoms with Crippen molar-refractivity contribution < 1.29 is 13.6 Å². The van der Waals surface area contributed by atoms with Crippen molar-refractivity contribution in [1.82, 2.24) is 24.8 Å². The molecule has 0 saturated carbocycles. The highest BCUT2D eigenvalue weighted by molar-refractivity contribution is 5.93. The number of aromatic nitrogens is 4. The molecule has 1 aromatic carbocycles. The lowest BCUT2D eigenvalue weighted by atomic mass is 10.2. The van der Waals surface area contributed by atoms with E-state index in [9.17, 15) is 4.79 Å². The molecule has 0 aliphatic carbocycles. The van der Waals surface area contributed by atoms with E-state index in [4.69, 9.17) is 8.83 Å². The molecule has 1 amide bonds. The van der Waals surface area contributed by atoms with Crippen molar-refractivity contribution in [3.05, 3.63) is 65.7 Å². The van der Waals surface area contributed by atoms with Crippen LogP contribution in [0.25, 0.3) is 11.1 Å². The molecule has 0 saturated heterocycles. The molecule has 25 heavy (non-hydrogen) atoms. The summed E-state index contributed by atoms with van der Waals surface area (Å²) >= 11 is 0. The van der Waals surface area contributed by atoms with E-state index >= 15 is 0 Å². The van der Waals surface area contributed by atoms with E-state index in [2.05, 4.69) is 19.9 Å². The topological polar surface area (TPSA) is 101 Å². The molecule has 124 valence electrons. The van der Waals surface area contributed by atoms with E-state index in [1.165, 1.54) is 6.39 Å². The van der Waals surface area contributed by atoms with E-state index in [-0.39, 0.29) is 11.7 Å². The van der Waals surface area contributed by atoms with Crippen molar-refractivity contribution in [1.29, 1.82) is 0 Å². The van der Waals surface area contributed by atoms with E-state index in [0.29, 0.717) is 23.7 Å². The number of imidazole rings is 1. The van der Waals surface area contributed by atoms with Crippen LogP contribution in [0.5, 0.6) is 0 Å². The Morgan fingerprint density at radius 1 is 1.32 bits per heavy atom. The van der Waals surface area contributed by atoms with Gasteiger partial charge in [-0.25, -0.2) is 15.0 Å². The summed E-state index contributed by atoms with van der Waals surface area (Å²) in [5.41, 5.74) is 3.55. The highest BCUT2D eigenvalue weighted by atomic mass is 16.4. The van der Waals surface area contributed by atoms with Gasteiger partial charge in [-0.3, -0.25) is 4.79 Å². The second kappa shape index (κ2) is 5.04. The van der Waals surface area contributed by atoms with Crippen LogP contribution in [-0.2, 0) is 6.54 Å². The molecule has 8 heteroatoms.